The smallest absolute Gasteiger partial charge is 0.339 e. The molecule has 1 fully saturated rings. The predicted octanol–water partition coefficient (Wildman–Crippen LogP) is 3.69. The molecule has 0 aliphatic carbocycles. The molecule has 7 nitrogen and oxygen atoms in total. The number of hydrogen-bond donors (Lipinski definition) is 1. The normalized spacial score (nSPS) is 14.5. The van der Waals surface area contributed by atoms with E-state index in [4.69, 9.17) is 16.3 Å². The fourth-order valence-electron chi connectivity index (χ4n) is 3.19. The van der Waals surface area contributed by atoms with E-state index in [1.807, 2.05) is 0 Å². The van der Waals surface area contributed by atoms with Crippen LogP contribution in [0.25, 0.3) is 0 Å². The molecular formula is C21H23ClN2O5S. The van der Waals surface area contributed by atoms with Gasteiger partial charge in [-0.25, -0.2) is 17.5 Å². The van der Waals surface area contributed by atoms with Crippen molar-refractivity contribution in [3.05, 3.63) is 64.2 Å². The summed E-state index contributed by atoms with van der Waals surface area (Å²) in [5.41, 5.74) is 1.65. The number of anilines is 1. The maximum absolute atomic E-state index is 12.5. The van der Waals surface area contributed by atoms with Crippen molar-refractivity contribution in [2.75, 3.05) is 25.0 Å². The van der Waals surface area contributed by atoms with E-state index in [2.05, 4.69) is 5.32 Å². The minimum absolute atomic E-state index is 0.0835. The van der Waals surface area contributed by atoms with Gasteiger partial charge in [-0.15, -0.1) is 0 Å². The molecule has 160 valence electrons. The Morgan fingerprint density at radius 3 is 2.37 bits per heavy atom. The average Bonchev–Trinajstić information content (AvgIpc) is 3.24. The molecule has 2 aromatic carbocycles. The standard InChI is InChI=1S/C21H23ClN2O5S/c1-2-29-21(26)18-10-9-17(13-19(18)22)23-20(25)16-7-5-15(6-8-16)14-30(27,28)24-11-3-4-12-24/h5-10,13H,2-4,11-12,14H2,1H3,(H,23,25). The van der Waals surface area contributed by atoms with Crippen LogP contribution >= 0.6 is 11.6 Å². The zero-order chi connectivity index (χ0) is 21.7. The number of rotatable bonds is 7. The molecule has 1 heterocycles. The quantitative estimate of drug-likeness (QED) is 0.649. The van der Waals surface area contributed by atoms with Crippen LogP contribution < -0.4 is 5.32 Å². The first-order valence-corrected chi connectivity index (χ1v) is 11.6. The zero-order valence-electron chi connectivity index (χ0n) is 16.6. The van der Waals surface area contributed by atoms with E-state index in [1.165, 1.54) is 16.4 Å². The Kier molecular flexibility index (Phi) is 7.12. The van der Waals surface area contributed by atoms with Gasteiger partial charge in [0.15, 0.2) is 0 Å². The topological polar surface area (TPSA) is 92.8 Å². The van der Waals surface area contributed by atoms with Gasteiger partial charge in [-0.1, -0.05) is 23.7 Å². The van der Waals surface area contributed by atoms with Crippen molar-refractivity contribution < 1.29 is 22.7 Å². The van der Waals surface area contributed by atoms with Gasteiger partial charge in [0.1, 0.15) is 0 Å². The third kappa shape index (κ3) is 5.38. The summed E-state index contributed by atoms with van der Waals surface area (Å²) in [6.07, 6.45) is 1.78. The molecule has 3 rings (SSSR count). The number of ether oxygens (including phenoxy) is 1. The molecule has 1 aliphatic rings. The Balaban J connectivity index is 1.65. The lowest BCUT2D eigenvalue weighted by Gasteiger charge is -2.15. The Morgan fingerprint density at radius 1 is 1.10 bits per heavy atom. The molecule has 0 radical (unpaired) electrons. The van der Waals surface area contributed by atoms with Crippen LogP contribution in [-0.2, 0) is 20.5 Å². The summed E-state index contributed by atoms with van der Waals surface area (Å²) in [6, 6.07) is 11.0. The summed E-state index contributed by atoms with van der Waals surface area (Å²) in [6.45, 7) is 3.08. The van der Waals surface area contributed by atoms with E-state index >= 15 is 0 Å². The van der Waals surface area contributed by atoms with Crippen LogP contribution in [0.4, 0.5) is 5.69 Å². The van der Waals surface area contributed by atoms with E-state index in [-0.39, 0.29) is 28.9 Å². The van der Waals surface area contributed by atoms with Gasteiger partial charge < -0.3 is 10.1 Å². The first-order chi connectivity index (χ1) is 14.3. The van der Waals surface area contributed by atoms with Crippen LogP contribution in [0.1, 0.15) is 46.0 Å². The molecule has 1 saturated heterocycles. The molecule has 0 bridgehead atoms. The van der Waals surface area contributed by atoms with Crippen molar-refractivity contribution in [2.45, 2.75) is 25.5 Å². The molecule has 0 aromatic heterocycles. The van der Waals surface area contributed by atoms with Gasteiger partial charge in [-0.3, -0.25) is 4.79 Å². The highest BCUT2D eigenvalue weighted by Gasteiger charge is 2.25. The molecule has 1 N–H and O–H groups in total. The van der Waals surface area contributed by atoms with Crippen LogP contribution in [0.2, 0.25) is 5.02 Å². The number of nitrogens with zero attached hydrogens (tertiary/aromatic N) is 1. The van der Waals surface area contributed by atoms with Gasteiger partial charge >= 0.3 is 5.97 Å². The molecule has 0 unspecified atom stereocenters. The average molecular weight is 451 g/mol. The maximum atomic E-state index is 12.5. The molecule has 1 amide bonds. The molecule has 0 spiro atoms. The van der Waals surface area contributed by atoms with E-state index in [9.17, 15) is 18.0 Å². The first kappa shape index (κ1) is 22.3. The number of halogens is 1. The summed E-state index contributed by atoms with van der Waals surface area (Å²) < 4.78 is 31.3. The highest BCUT2D eigenvalue weighted by Crippen LogP contribution is 2.23. The highest BCUT2D eigenvalue weighted by molar-refractivity contribution is 7.88. The predicted molar refractivity (Wildman–Crippen MR) is 115 cm³/mol. The summed E-state index contributed by atoms with van der Waals surface area (Å²) in [5.74, 6) is -0.983. The second kappa shape index (κ2) is 9.59. The number of sulfonamides is 1. The van der Waals surface area contributed by atoms with Crippen molar-refractivity contribution in [3.63, 3.8) is 0 Å². The van der Waals surface area contributed by atoms with Crippen molar-refractivity contribution in [1.82, 2.24) is 4.31 Å². The van der Waals surface area contributed by atoms with Crippen molar-refractivity contribution in [1.29, 1.82) is 0 Å². The van der Waals surface area contributed by atoms with Gasteiger partial charge in [0.2, 0.25) is 10.0 Å². The fraction of sp³-hybridized carbons (Fsp3) is 0.333. The number of amides is 1. The minimum atomic E-state index is -3.33. The van der Waals surface area contributed by atoms with E-state index in [0.29, 0.717) is 29.9 Å². The van der Waals surface area contributed by atoms with E-state index in [1.54, 1.807) is 37.3 Å². The summed E-state index contributed by atoms with van der Waals surface area (Å²) in [5, 5.41) is 2.88. The Labute approximate surface area is 181 Å². The van der Waals surface area contributed by atoms with Gasteiger partial charge in [0.05, 0.1) is 22.9 Å². The van der Waals surface area contributed by atoms with Gasteiger partial charge in [-0.2, -0.15) is 0 Å². The van der Waals surface area contributed by atoms with Crippen LogP contribution in [0.3, 0.4) is 0 Å². The van der Waals surface area contributed by atoms with Crippen molar-refractivity contribution in [2.24, 2.45) is 0 Å². The highest BCUT2D eigenvalue weighted by atomic mass is 35.5. The number of carbonyl (C=O) groups excluding carboxylic acids is 2. The van der Waals surface area contributed by atoms with Gasteiger partial charge in [0.25, 0.3) is 5.91 Å². The number of esters is 1. The number of carbonyl (C=O) groups is 2. The maximum Gasteiger partial charge on any atom is 0.339 e. The lowest BCUT2D eigenvalue weighted by atomic mass is 10.1. The lowest BCUT2D eigenvalue weighted by molar-refractivity contribution is 0.0526. The first-order valence-electron chi connectivity index (χ1n) is 9.65. The van der Waals surface area contributed by atoms with Gasteiger partial charge in [-0.05, 0) is 55.7 Å². The Bertz CT molecular complexity index is 1030. The van der Waals surface area contributed by atoms with Gasteiger partial charge in [0, 0.05) is 24.3 Å². The fourth-order valence-corrected chi connectivity index (χ4v) is 5.06. The zero-order valence-corrected chi connectivity index (χ0v) is 18.1. The molecule has 0 atom stereocenters. The number of nitrogens with one attached hydrogen (secondary N) is 1. The third-order valence-electron chi connectivity index (χ3n) is 4.75. The number of benzene rings is 2. The van der Waals surface area contributed by atoms with Crippen molar-refractivity contribution >= 4 is 39.2 Å². The summed E-state index contributed by atoms with van der Waals surface area (Å²) in [7, 11) is -3.33. The van der Waals surface area contributed by atoms with Crippen LogP contribution in [-0.4, -0.2) is 44.3 Å². The minimum Gasteiger partial charge on any atom is -0.462 e. The Hall–Kier alpha value is -2.42. The summed E-state index contributed by atoms with van der Waals surface area (Å²) >= 11 is 6.11. The third-order valence-corrected chi connectivity index (χ3v) is 6.91. The van der Waals surface area contributed by atoms with Crippen LogP contribution in [0.15, 0.2) is 42.5 Å². The largest absolute Gasteiger partial charge is 0.462 e. The molecule has 30 heavy (non-hydrogen) atoms. The van der Waals surface area contributed by atoms with E-state index < -0.39 is 16.0 Å². The SMILES string of the molecule is CCOC(=O)c1ccc(NC(=O)c2ccc(CS(=O)(=O)N3CCCC3)cc2)cc1Cl. The monoisotopic (exact) mass is 450 g/mol. The molecule has 1 aliphatic heterocycles. The molecule has 9 heteroatoms. The second-order valence-electron chi connectivity index (χ2n) is 6.93. The van der Waals surface area contributed by atoms with Crippen LogP contribution in [0.5, 0.6) is 0 Å². The summed E-state index contributed by atoms with van der Waals surface area (Å²) in [4.78, 5) is 24.3. The molecule has 0 saturated carbocycles. The van der Waals surface area contributed by atoms with Crippen molar-refractivity contribution in [3.8, 4) is 0 Å². The van der Waals surface area contributed by atoms with Crippen LogP contribution in [0, 0.1) is 0 Å². The molecular weight excluding hydrogens is 428 g/mol. The Morgan fingerprint density at radius 2 is 1.77 bits per heavy atom. The molecule has 2 aromatic rings. The lowest BCUT2D eigenvalue weighted by Crippen LogP contribution is -2.29. The second-order valence-corrected chi connectivity index (χ2v) is 9.30. The number of hydrogen-bond acceptors (Lipinski definition) is 5. The van der Waals surface area contributed by atoms with E-state index in [0.717, 1.165) is 12.8 Å².